The molecule has 0 aliphatic heterocycles. The van der Waals surface area contributed by atoms with E-state index in [-0.39, 0.29) is 7.58 Å². The second-order valence-electron chi connectivity index (χ2n) is 7.73. The van der Waals surface area contributed by atoms with Crippen molar-refractivity contribution in [3.8, 4) is 0 Å². The molecule has 0 aromatic rings. The molecule has 0 unspecified atom stereocenters. The number of allylic oxidation sites excluding steroid dienone is 1. The molecule has 0 saturated heterocycles. The van der Waals surface area contributed by atoms with Gasteiger partial charge < -0.3 is 6.15 Å². The zero-order valence-corrected chi connectivity index (χ0v) is 19.1. The van der Waals surface area contributed by atoms with E-state index in [9.17, 15) is 0 Å². The molecule has 0 fully saturated rings. The van der Waals surface area contributed by atoms with E-state index in [4.69, 9.17) is 0 Å². The van der Waals surface area contributed by atoms with Crippen LogP contribution in [0, 0.1) is 0 Å². The summed E-state index contributed by atoms with van der Waals surface area (Å²) in [6.45, 7) is 10.5. The van der Waals surface area contributed by atoms with Crippen LogP contribution in [0.3, 0.4) is 0 Å². The molecule has 26 heavy (non-hydrogen) atoms. The topological polar surface area (TPSA) is 35.0 Å². The van der Waals surface area contributed by atoms with E-state index < -0.39 is 0 Å². The summed E-state index contributed by atoms with van der Waals surface area (Å²) in [7, 11) is 0. The molecule has 1 nitrogen and oxygen atoms in total. The Labute approximate surface area is 169 Å². The second kappa shape index (κ2) is 32.4. The zero-order valence-electron chi connectivity index (χ0n) is 19.1. The summed E-state index contributed by atoms with van der Waals surface area (Å²) in [5.74, 6) is 0. The van der Waals surface area contributed by atoms with Gasteiger partial charge in [0.15, 0.2) is 0 Å². The van der Waals surface area contributed by atoms with E-state index in [2.05, 4.69) is 27.4 Å². The third-order valence-electron chi connectivity index (χ3n) is 4.97. The largest absolute Gasteiger partial charge is 0.344 e. The summed E-state index contributed by atoms with van der Waals surface area (Å²) in [6, 6.07) is 0. The van der Waals surface area contributed by atoms with Gasteiger partial charge in [-0.15, -0.1) is 6.58 Å². The predicted octanol–water partition coefficient (Wildman–Crippen LogP) is 10.4. The molecule has 0 aliphatic carbocycles. The van der Waals surface area contributed by atoms with Gasteiger partial charge in [0.2, 0.25) is 0 Å². The number of rotatable bonds is 19. The monoisotopic (exact) mass is 371 g/mol. The maximum atomic E-state index is 3.76. The summed E-state index contributed by atoms with van der Waals surface area (Å²) in [5, 5.41) is 0. The molecule has 0 bridgehead atoms. The third-order valence-corrected chi connectivity index (χ3v) is 4.97. The molecule has 1 heteroatoms. The van der Waals surface area contributed by atoms with Gasteiger partial charge in [0.1, 0.15) is 0 Å². The van der Waals surface area contributed by atoms with Gasteiger partial charge in [-0.1, -0.05) is 142 Å². The average molecular weight is 372 g/mol. The van der Waals surface area contributed by atoms with Crippen LogP contribution in [0.1, 0.15) is 151 Å². The first-order valence-corrected chi connectivity index (χ1v) is 11.9. The fraction of sp³-hybridized carbons (Fsp3) is 0.920. The lowest BCUT2D eigenvalue weighted by atomic mass is 10.0. The van der Waals surface area contributed by atoms with Crippen LogP contribution in [-0.4, -0.2) is 0 Å². The van der Waals surface area contributed by atoms with Crippen molar-refractivity contribution in [3.05, 3.63) is 12.7 Å². The highest BCUT2D eigenvalue weighted by Gasteiger charge is 1.93. The minimum Gasteiger partial charge on any atom is -0.344 e. The molecule has 0 atom stereocenters. The molecule has 0 aromatic carbocycles. The summed E-state index contributed by atoms with van der Waals surface area (Å²) < 4.78 is 0. The molecule has 0 amide bonds. The van der Waals surface area contributed by atoms with Crippen LogP contribution in [0.5, 0.6) is 0 Å². The highest BCUT2D eigenvalue weighted by molar-refractivity contribution is 4.65. The van der Waals surface area contributed by atoms with Crippen LogP contribution in [0.15, 0.2) is 12.7 Å². The van der Waals surface area contributed by atoms with Crippen molar-refractivity contribution in [1.29, 1.82) is 0 Å². The van der Waals surface area contributed by atoms with Gasteiger partial charge >= 0.3 is 0 Å². The summed E-state index contributed by atoms with van der Waals surface area (Å²) >= 11 is 0. The van der Waals surface area contributed by atoms with Gasteiger partial charge in [0, 0.05) is 1.43 Å². The van der Waals surface area contributed by atoms with E-state index in [0.29, 0.717) is 0 Å². The molecule has 0 spiro atoms. The summed E-state index contributed by atoms with van der Waals surface area (Å²) in [4.78, 5) is 0. The average Bonchev–Trinajstić information content (AvgIpc) is 2.64. The number of hydrogen-bond acceptors (Lipinski definition) is 1. The number of unbranched alkanes of at least 4 members (excludes halogenated alkanes) is 18. The quantitative estimate of drug-likeness (QED) is 0.178. The Bertz CT molecular complexity index is 214. The van der Waals surface area contributed by atoms with Gasteiger partial charge in [-0.2, -0.15) is 0 Å². The first-order valence-electron chi connectivity index (χ1n) is 11.9. The smallest absolute Gasteiger partial charge is 0 e. The highest BCUT2D eigenvalue weighted by atomic mass is 14.0. The minimum absolute atomic E-state index is 0. The molecule has 162 valence electrons. The van der Waals surface area contributed by atoms with E-state index in [0.717, 1.165) is 0 Å². The molecular formula is C25H57N. The maximum absolute atomic E-state index is 3.76. The third kappa shape index (κ3) is 34.9. The Balaban J connectivity index is -0.000000286. The molecule has 0 aliphatic rings. The zero-order chi connectivity index (χ0) is 18.8. The lowest BCUT2D eigenvalue weighted by molar-refractivity contribution is 0.533. The van der Waals surface area contributed by atoms with Crippen molar-refractivity contribution in [3.63, 3.8) is 0 Å². The van der Waals surface area contributed by atoms with Crippen LogP contribution in [0.2, 0.25) is 0 Å². The normalized spacial score (nSPS) is 9.96. The Kier molecular flexibility index (Phi) is 37.9. The highest BCUT2D eigenvalue weighted by Crippen LogP contribution is 2.13. The van der Waals surface area contributed by atoms with Crippen molar-refractivity contribution in [2.45, 2.75) is 149 Å². The van der Waals surface area contributed by atoms with Crippen LogP contribution in [-0.2, 0) is 0 Å². The van der Waals surface area contributed by atoms with Crippen molar-refractivity contribution >= 4 is 0 Å². The molecule has 0 heterocycles. The molecule has 0 radical (unpaired) electrons. The SMILES string of the molecule is C=CCCCCCCCCCCCCCCCCC.CCCCCC.N.[HH]. The summed E-state index contributed by atoms with van der Waals surface area (Å²) in [5.41, 5.74) is 0. The van der Waals surface area contributed by atoms with E-state index in [1.54, 1.807) is 0 Å². The van der Waals surface area contributed by atoms with E-state index in [1.165, 1.54) is 128 Å². The van der Waals surface area contributed by atoms with E-state index in [1.807, 2.05) is 6.08 Å². The summed E-state index contributed by atoms with van der Waals surface area (Å²) in [6.07, 6.45) is 30.5. The van der Waals surface area contributed by atoms with Crippen LogP contribution >= 0.6 is 0 Å². The first-order chi connectivity index (χ1) is 12.3. The maximum Gasteiger partial charge on any atom is 0 e. The molecule has 3 N–H and O–H groups in total. The Hall–Kier alpha value is -0.300. The van der Waals surface area contributed by atoms with Crippen LogP contribution in [0.25, 0.3) is 0 Å². The Morgan fingerprint density at radius 1 is 0.462 bits per heavy atom. The van der Waals surface area contributed by atoms with Crippen molar-refractivity contribution in [2.24, 2.45) is 0 Å². The molecule has 0 saturated carbocycles. The standard InChI is InChI=1S/C19H38.C6H14.H3N.H2/c1-3-5-7-9-11-13-15-17-19-18-16-14-12-10-8-6-4-2;1-3-5-6-4-2;;/h3H,1,4-19H2,2H3;3-6H2,1-2H3;1H3;1H. The van der Waals surface area contributed by atoms with Gasteiger partial charge in [0.05, 0.1) is 0 Å². The lowest BCUT2D eigenvalue weighted by Gasteiger charge is -2.03. The van der Waals surface area contributed by atoms with Gasteiger partial charge in [0.25, 0.3) is 0 Å². The second-order valence-corrected chi connectivity index (χ2v) is 7.73. The fourth-order valence-corrected chi connectivity index (χ4v) is 3.16. The van der Waals surface area contributed by atoms with Gasteiger partial charge in [-0.3, -0.25) is 0 Å². The predicted molar refractivity (Wildman–Crippen MR) is 127 cm³/mol. The Morgan fingerprint density at radius 3 is 0.962 bits per heavy atom. The fourth-order valence-electron chi connectivity index (χ4n) is 3.16. The van der Waals surface area contributed by atoms with Crippen LogP contribution in [0.4, 0.5) is 0 Å². The van der Waals surface area contributed by atoms with Crippen molar-refractivity contribution in [2.75, 3.05) is 0 Å². The van der Waals surface area contributed by atoms with E-state index >= 15 is 0 Å². The molecule has 0 aromatic heterocycles. The number of hydrogen-bond donors (Lipinski definition) is 1. The van der Waals surface area contributed by atoms with Gasteiger partial charge in [-0.25, -0.2) is 0 Å². The van der Waals surface area contributed by atoms with Gasteiger partial charge in [-0.05, 0) is 12.8 Å². The Morgan fingerprint density at radius 2 is 0.692 bits per heavy atom. The van der Waals surface area contributed by atoms with Crippen molar-refractivity contribution < 1.29 is 1.43 Å². The minimum atomic E-state index is 0. The van der Waals surface area contributed by atoms with Crippen LogP contribution < -0.4 is 6.15 Å². The molecule has 0 rings (SSSR count). The molecular weight excluding hydrogens is 314 g/mol. The van der Waals surface area contributed by atoms with Crippen molar-refractivity contribution in [1.82, 2.24) is 6.15 Å². The first kappa shape index (κ1) is 30.4. The lowest BCUT2D eigenvalue weighted by Crippen LogP contribution is -1.83.